The molecule has 4 heteroatoms. The Balaban J connectivity index is 1.17. The molecule has 10 rings (SSSR count). The van der Waals surface area contributed by atoms with E-state index in [0.717, 1.165) is 32.7 Å². The van der Waals surface area contributed by atoms with Crippen molar-refractivity contribution in [2.45, 2.75) is 5.41 Å². The molecule has 0 bridgehead atoms. The van der Waals surface area contributed by atoms with Gasteiger partial charge < -0.3 is 19.7 Å². The Bertz CT molecular complexity index is 2500. The van der Waals surface area contributed by atoms with Crippen LogP contribution in [0.3, 0.4) is 0 Å². The van der Waals surface area contributed by atoms with Crippen LogP contribution in [0.25, 0.3) is 66.1 Å². The smallest absolute Gasteiger partial charge is 0.186 e. The zero-order valence-electron chi connectivity index (χ0n) is 27.6. The number of aliphatic hydroxyl groups is 2. The first-order valence-corrected chi connectivity index (χ1v) is 17.2. The lowest BCUT2D eigenvalue weighted by Gasteiger charge is -2.31. The Morgan fingerprint density at radius 3 is 1.20 bits per heavy atom. The lowest BCUT2D eigenvalue weighted by atomic mass is 9.70. The summed E-state index contributed by atoms with van der Waals surface area (Å²) in [4.78, 5) is 0. The molecule has 2 N–H and O–H groups in total. The topological polar surface area (TPSA) is 58.9 Å². The third-order valence-electron chi connectivity index (χ3n) is 10.8. The van der Waals surface area contributed by atoms with Crippen LogP contribution in [0.2, 0.25) is 0 Å². The Morgan fingerprint density at radius 1 is 0.353 bits per heavy atom. The average Bonchev–Trinajstić information content (AvgIpc) is 3.64. The standard InChI is InChI=1S/C47H32O4/c48-27-50-37-17-13-31-21-29(9-11-33(31)23-37)35-15-19-41-39-5-1-3-7-43(39)47(45(41)25-35)44-8-4-2-6-40(44)42-20-16-36(26-46(42)47)30-10-12-34-24-38(51-28-49)18-14-32(34)22-30/h1-26,48-49H,27-28H2. The minimum Gasteiger partial charge on any atom is -0.468 e. The van der Waals surface area contributed by atoms with E-state index in [9.17, 15) is 10.2 Å². The first kappa shape index (κ1) is 29.7. The van der Waals surface area contributed by atoms with Gasteiger partial charge in [-0.25, -0.2) is 0 Å². The Labute approximate surface area is 295 Å². The maximum Gasteiger partial charge on any atom is 0.186 e. The summed E-state index contributed by atoms with van der Waals surface area (Å²) in [7, 11) is 0. The quantitative estimate of drug-likeness (QED) is 0.174. The van der Waals surface area contributed by atoms with Gasteiger partial charge in [0.2, 0.25) is 0 Å². The van der Waals surface area contributed by atoms with Crippen molar-refractivity contribution in [2.75, 3.05) is 13.6 Å². The predicted molar refractivity (Wildman–Crippen MR) is 204 cm³/mol. The van der Waals surface area contributed by atoms with E-state index in [2.05, 4.69) is 121 Å². The van der Waals surface area contributed by atoms with Crippen molar-refractivity contribution < 1.29 is 19.7 Å². The van der Waals surface area contributed by atoms with Crippen LogP contribution in [0.5, 0.6) is 11.5 Å². The molecule has 2 aliphatic carbocycles. The zero-order valence-corrected chi connectivity index (χ0v) is 27.6. The van der Waals surface area contributed by atoms with E-state index in [0.29, 0.717) is 11.5 Å². The van der Waals surface area contributed by atoms with Gasteiger partial charge in [0, 0.05) is 0 Å². The molecule has 0 amide bonds. The summed E-state index contributed by atoms with van der Waals surface area (Å²) in [6, 6.07) is 56.7. The molecule has 244 valence electrons. The summed E-state index contributed by atoms with van der Waals surface area (Å²) >= 11 is 0. The van der Waals surface area contributed by atoms with Gasteiger partial charge in [0.05, 0.1) is 5.41 Å². The average molecular weight is 661 g/mol. The van der Waals surface area contributed by atoms with Crippen molar-refractivity contribution in [3.8, 4) is 56.0 Å². The van der Waals surface area contributed by atoms with Crippen molar-refractivity contribution in [1.82, 2.24) is 0 Å². The van der Waals surface area contributed by atoms with Gasteiger partial charge in [0.25, 0.3) is 0 Å². The fraction of sp³-hybridized carbons (Fsp3) is 0.0638. The fourth-order valence-corrected chi connectivity index (χ4v) is 8.63. The lowest BCUT2D eigenvalue weighted by Crippen LogP contribution is -2.26. The van der Waals surface area contributed by atoms with Gasteiger partial charge in [0.1, 0.15) is 11.5 Å². The van der Waals surface area contributed by atoms with Gasteiger partial charge in [-0.05, 0) is 137 Å². The number of ether oxygens (including phenoxy) is 2. The number of benzene rings is 8. The molecule has 0 radical (unpaired) electrons. The summed E-state index contributed by atoms with van der Waals surface area (Å²) < 4.78 is 10.7. The predicted octanol–water partition coefficient (Wildman–Crippen LogP) is 10.3. The first-order valence-electron chi connectivity index (χ1n) is 17.2. The highest BCUT2D eigenvalue weighted by Gasteiger charge is 2.51. The maximum atomic E-state index is 9.24. The number of hydrogen-bond donors (Lipinski definition) is 2. The van der Waals surface area contributed by atoms with E-state index in [1.54, 1.807) is 0 Å². The number of aliphatic hydroxyl groups excluding tert-OH is 2. The van der Waals surface area contributed by atoms with E-state index in [1.807, 2.05) is 36.4 Å². The van der Waals surface area contributed by atoms with Gasteiger partial charge in [-0.2, -0.15) is 0 Å². The van der Waals surface area contributed by atoms with Gasteiger partial charge in [-0.3, -0.25) is 0 Å². The summed E-state index contributed by atoms with van der Waals surface area (Å²) in [5, 5.41) is 22.8. The van der Waals surface area contributed by atoms with Crippen molar-refractivity contribution in [2.24, 2.45) is 0 Å². The molecule has 1 spiro atoms. The number of fused-ring (bicyclic) bond motifs is 12. The highest BCUT2D eigenvalue weighted by molar-refractivity contribution is 5.98. The molecule has 0 atom stereocenters. The molecule has 0 fully saturated rings. The van der Waals surface area contributed by atoms with Crippen LogP contribution in [-0.4, -0.2) is 23.8 Å². The van der Waals surface area contributed by atoms with E-state index in [-0.39, 0.29) is 13.6 Å². The maximum absolute atomic E-state index is 9.24. The first-order chi connectivity index (χ1) is 25.1. The van der Waals surface area contributed by atoms with Gasteiger partial charge in [0.15, 0.2) is 13.6 Å². The second kappa shape index (κ2) is 11.4. The monoisotopic (exact) mass is 660 g/mol. The second-order valence-corrected chi connectivity index (χ2v) is 13.4. The minimum atomic E-state index is -0.482. The van der Waals surface area contributed by atoms with Crippen LogP contribution >= 0.6 is 0 Å². The van der Waals surface area contributed by atoms with Crippen LogP contribution < -0.4 is 9.47 Å². The van der Waals surface area contributed by atoms with Crippen LogP contribution in [0, 0.1) is 0 Å². The van der Waals surface area contributed by atoms with E-state index in [1.165, 1.54) is 55.6 Å². The van der Waals surface area contributed by atoms with Gasteiger partial charge in [-0.1, -0.05) is 109 Å². The molecule has 0 heterocycles. The molecule has 8 aromatic carbocycles. The summed E-state index contributed by atoms with van der Waals surface area (Å²) in [6.07, 6.45) is 0. The molecule has 51 heavy (non-hydrogen) atoms. The molecule has 0 unspecified atom stereocenters. The van der Waals surface area contributed by atoms with Gasteiger partial charge in [-0.15, -0.1) is 0 Å². The summed E-state index contributed by atoms with van der Waals surface area (Å²) in [5.41, 5.74) is 14.4. The molecule has 0 saturated carbocycles. The Morgan fingerprint density at radius 2 is 0.725 bits per heavy atom. The third-order valence-corrected chi connectivity index (χ3v) is 10.8. The fourth-order valence-electron chi connectivity index (χ4n) is 8.63. The highest BCUT2D eigenvalue weighted by atomic mass is 16.6. The van der Waals surface area contributed by atoms with Crippen LogP contribution in [0.15, 0.2) is 158 Å². The lowest BCUT2D eigenvalue weighted by molar-refractivity contribution is 0.0982. The Kier molecular flexibility index (Phi) is 6.65. The highest BCUT2D eigenvalue weighted by Crippen LogP contribution is 2.63. The molecule has 2 aliphatic rings. The Hall–Kier alpha value is -6.20. The van der Waals surface area contributed by atoms with Crippen LogP contribution in [0.4, 0.5) is 0 Å². The van der Waals surface area contributed by atoms with Gasteiger partial charge >= 0.3 is 0 Å². The molecule has 0 aliphatic heterocycles. The number of rotatable bonds is 6. The van der Waals surface area contributed by atoms with Crippen molar-refractivity contribution in [3.63, 3.8) is 0 Å². The normalized spacial score (nSPS) is 13.2. The molecular weight excluding hydrogens is 629 g/mol. The largest absolute Gasteiger partial charge is 0.468 e. The summed E-state index contributed by atoms with van der Waals surface area (Å²) in [5.74, 6) is 1.30. The third kappa shape index (κ3) is 4.41. The molecule has 0 aromatic heterocycles. The molecule has 0 saturated heterocycles. The van der Waals surface area contributed by atoms with Crippen LogP contribution in [0.1, 0.15) is 22.3 Å². The summed E-state index contributed by atoms with van der Waals surface area (Å²) in [6.45, 7) is -0.691. The van der Waals surface area contributed by atoms with E-state index >= 15 is 0 Å². The van der Waals surface area contributed by atoms with Crippen LogP contribution in [-0.2, 0) is 5.41 Å². The van der Waals surface area contributed by atoms with E-state index < -0.39 is 5.41 Å². The van der Waals surface area contributed by atoms with Crippen molar-refractivity contribution in [3.05, 3.63) is 180 Å². The van der Waals surface area contributed by atoms with Crippen molar-refractivity contribution >= 4 is 21.5 Å². The molecular formula is C47H32O4. The van der Waals surface area contributed by atoms with Crippen molar-refractivity contribution in [1.29, 1.82) is 0 Å². The SMILES string of the molecule is OCOc1ccc2cc(-c3ccc4c(c3)C3(c5ccccc5-4)c4ccccc4-c4ccc(-c5ccc6cc(OCO)ccc6c5)cc43)ccc2c1. The zero-order chi connectivity index (χ0) is 34.1. The second-order valence-electron chi connectivity index (χ2n) is 13.4. The number of hydrogen-bond acceptors (Lipinski definition) is 4. The molecule has 4 nitrogen and oxygen atoms in total. The minimum absolute atomic E-state index is 0.346. The van der Waals surface area contributed by atoms with E-state index in [4.69, 9.17) is 9.47 Å². The molecule has 8 aromatic rings.